The third-order valence-electron chi connectivity index (χ3n) is 9.99. The van der Waals surface area contributed by atoms with Crippen LogP contribution < -0.4 is 0 Å². The van der Waals surface area contributed by atoms with Gasteiger partial charge in [0.25, 0.3) is 0 Å². The molecule has 0 aromatic rings. The molecular weight excluding hydrogens is 720 g/mol. The van der Waals surface area contributed by atoms with Gasteiger partial charge in [0.1, 0.15) is 55.4 Å². The summed E-state index contributed by atoms with van der Waals surface area (Å²) in [7, 11) is 0. The highest BCUT2D eigenvalue weighted by Gasteiger charge is 2.47. The maximum Gasteiger partial charge on any atom is 0.306 e. The van der Waals surface area contributed by atoms with Gasteiger partial charge in [0.15, 0.2) is 18.7 Å². The Morgan fingerprint density at radius 2 is 1.04 bits per heavy atom. The van der Waals surface area contributed by atoms with Crippen LogP contribution in [0.4, 0.5) is 0 Å². The average Bonchev–Trinajstić information content (AvgIpc) is 3.18. The summed E-state index contributed by atoms with van der Waals surface area (Å²) < 4.78 is 33.2. The van der Waals surface area contributed by atoms with Crippen molar-refractivity contribution in [3.05, 3.63) is 12.2 Å². The molecule has 15 nitrogen and oxygen atoms in total. The lowest BCUT2D eigenvalue weighted by molar-refractivity contribution is -0.332. The summed E-state index contributed by atoms with van der Waals surface area (Å²) in [6.45, 7) is 2.46. The first-order valence-electron chi connectivity index (χ1n) is 20.8. The number of unbranched alkanes of at least 4 members (excludes halogenated alkanes) is 14. The Kier molecular flexibility index (Phi) is 26.4. The summed E-state index contributed by atoms with van der Waals surface area (Å²) in [5, 5.41) is 71.5. The van der Waals surface area contributed by atoms with E-state index in [1.54, 1.807) is 0 Å². The monoisotopic (exact) mass is 792 g/mol. The van der Waals surface area contributed by atoms with Gasteiger partial charge in [-0.05, 0) is 38.5 Å². The lowest BCUT2D eigenvalue weighted by atomic mass is 9.98. The smallest absolute Gasteiger partial charge is 0.306 e. The normalized spacial score (nSPS) is 29.0. The van der Waals surface area contributed by atoms with Crippen molar-refractivity contribution in [2.24, 2.45) is 0 Å². The molecule has 2 aliphatic rings. The number of hydrogen-bond donors (Lipinski definition) is 7. The Morgan fingerprint density at radius 3 is 1.64 bits per heavy atom. The standard InChI is InChI=1S/C40H72O15/c1-3-5-7-9-11-12-13-14-15-17-18-20-22-31(42)50-25-28(53-32(43)23-21-19-16-10-8-6-4-2)26-51-39-38(49)36(47)34(45)30(55-39)27-52-40-37(48)35(46)33(44)29(24-41)54-40/h11-12,28-30,33-41,44-49H,3-10,13-27H2,1-2H3/b12-11+/t28-,29-,30-,33+,34+,35?,36?,37?,38?,39-,40-/m1/s1. The van der Waals surface area contributed by atoms with Crippen LogP contribution in [0.15, 0.2) is 12.2 Å². The van der Waals surface area contributed by atoms with Gasteiger partial charge in [0.2, 0.25) is 0 Å². The summed E-state index contributed by atoms with van der Waals surface area (Å²) in [6, 6.07) is 0. The number of carbonyl (C=O) groups is 2. The number of rotatable bonds is 30. The second kappa shape index (κ2) is 29.5. The molecule has 0 aromatic heterocycles. The summed E-state index contributed by atoms with van der Waals surface area (Å²) in [5.74, 6) is -0.943. The van der Waals surface area contributed by atoms with Crippen LogP contribution >= 0.6 is 0 Å². The van der Waals surface area contributed by atoms with E-state index in [0.29, 0.717) is 12.8 Å². The molecule has 0 radical (unpaired) electrons. The quantitative estimate of drug-likeness (QED) is 0.0315. The molecule has 4 unspecified atom stereocenters. The first-order chi connectivity index (χ1) is 26.5. The number of esters is 2. The Hall–Kier alpha value is -1.76. The van der Waals surface area contributed by atoms with Crippen LogP contribution in [0.2, 0.25) is 0 Å². The molecule has 2 saturated heterocycles. The molecule has 2 heterocycles. The van der Waals surface area contributed by atoms with Crippen molar-refractivity contribution in [3.8, 4) is 0 Å². The molecule has 322 valence electrons. The van der Waals surface area contributed by atoms with Crippen molar-refractivity contribution in [1.82, 2.24) is 0 Å². The van der Waals surface area contributed by atoms with Gasteiger partial charge in [-0.25, -0.2) is 0 Å². The second-order valence-electron chi connectivity index (χ2n) is 14.8. The fourth-order valence-corrected chi connectivity index (χ4v) is 6.44. The molecule has 55 heavy (non-hydrogen) atoms. The summed E-state index contributed by atoms with van der Waals surface area (Å²) in [5.41, 5.74) is 0. The van der Waals surface area contributed by atoms with Gasteiger partial charge in [-0.1, -0.05) is 96.6 Å². The van der Waals surface area contributed by atoms with Gasteiger partial charge >= 0.3 is 11.9 Å². The van der Waals surface area contributed by atoms with Crippen LogP contribution in [0.25, 0.3) is 0 Å². The van der Waals surface area contributed by atoms with Crippen molar-refractivity contribution in [2.75, 3.05) is 26.4 Å². The van der Waals surface area contributed by atoms with Crippen molar-refractivity contribution >= 4 is 11.9 Å². The van der Waals surface area contributed by atoms with Crippen LogP contribution in [0.3, 0.4) is 0 Å². The third-order valence-corrected chi connectivity index (χ3v) is 9.99. The SMILES string of the molecule is CCCCC/C=C/CCCCCCCC(=O)OC[C@H](CO[C@@H]1O[C@H](CO[C@@H]2O[C@H](CO)[C@H](O)C(O)C2O)[C@H](O)C(O)C1O)OC(=O)CCCCCCCCC. The van der Waals surface area contributed by atoms with E-state index in [9.17, 15) is 45.3 Å². The molecule has 0 aliphatic carbocycles. The van der Waals surface area contributed by atoms with Crippen molar-refractivity contribution in [1.29, 1.82) is 0 Å². The maximum absolute atomic E-state index is 12.8. The Balaban J connectivity index is 1.88. The number of carbonyl (C=O) groups excluding carboxylic acids is 2. The topological polar surface area (TPSA) is 231 Å². The Labute approximate surface area is 327 Å². The molecule has 2 aliphatic heterocycles. The molecular formula is C40H72O15. The van der Waals surface area contributed by atoms with E-state index in [1.807, 2.05) is 0 Å². The minimum absolute atomic E-state index is 0.164. The molecule has 11 atom stereocenters. The third kappa shape index (κ3) is 19.5. The van der Waals surface area contributed by atoms with Crippen LogP contribution in [0.5, 0.6) is 0 Å². The second-order valence-corrected chi connectivity index (χ2v) is 14.8. The van der Waals surface area contributed by atoms with Crippen LogP contribution in [0.1, 0.15) is 136 Å². The van der Waals surface area contributed by atoms with E-state index in [-0.39, 0.29) is 26.1 Å². The predicted octanol–water partition coefficient (Wildman–Crippen LogP) is 3.09. The molecule has 0 bridgehead atoms. The summed E-state index contributed by atoms with van der Waals surface area (Å²) in [4.78, 5) is 25.4. The lowest BCUT2D eigenvalue weighted by Gasteiger charge is -2.42. The van der Waals surface area contributed by atoms with Crippen molar-refractivity contribution < 1.29 is 73.8 Å². The Morgan fingerprint density at radius 1 is 0.564 bits per heavy atom. The highest BCUT2D eigenvalue weighted by atomic mass is 16.7. The molecule has 7 N–H and O–H groups in total. The first-order valence-corrected chi connectivity index (χ1v) is 20.8. The molecule has 0 amide bonds. The highest BCUT2D eigenvalue weighted by molar-refractivity contribution is 5.70. The first kappa shape index (κ1) is 49.4. The number of hydrogen-bond acceptors (Lipinski definition) is 15. The molecule has 0 saturated carbocycles. The van der Waals surface area contributed by atoms with E-state index >= 15 is 0 Å². The van der Waals surface area contributed by atoms with E-state index < -0.39 is 92.7 Å². The van der Waals surface area contributed by atoms with Crippen LogP contribution in [-0.2, 0) is 38.0 Å². The average molecular weight is 793 g/mol. The molecule has 2 rings (SSSR count). The van der Waals surface area contributed by atoms with E-state index in [0.717, 1.165) is 70.6 Å². The van der Waals surface area contributed by atoms with Crippen molar-refractivity contribution in [2.45, 2.75) is 203 Å². The minimum Gasteiger partial charge on any atom is -0.462 e. The van der Waals surface area contributed by atoms with Crippen LogP contribution in [-0.4, -0.2) is 142 Å². The number of allylic oxidation sites excluding steroid dienone is 2. The predicted molar refractivity (Wildman–Crippen MR) is 201 cm³/mol. The zero-order valence-electron chi connectivity index (χ0n) is 33.2. The minimum atomic E-state index is -1.76. The fourth-order valence-electron chi connectivity index (χ4n) is 6.44. The van der Waals surface area contributed by atoms with Crippen LogP contribution in [0, 0.1) is 0 Å². The zero-order valence-corrected chi connectivity index (χ0v) is 33.2. The largest absolute Gasteiger partial charge is 0.462 e. The fraction of sp³-hybridized carbons (Fsp3) is 0.900. The Bertz CT molecular complexity index is 1030. The van der Waals surface area contributed by atoms with Gasteiger partial charge in [0, 0.05) is 12.8 Å². The van der Waals surface area contributed by atoms with E-state index in [2.05, 4.69) is 26.0 Å². The summed E-state index contributed by atoms with van der Waals surface area (Å²) >= 11 is 0. The number of ether oxygens (including phenoxy) is 6. The summed E-state index contributed by atoms with van der Waals surface area (Å²) in [6.07, 6.45) is 5.84. The highest BCUT2D eigenvalue weighted by Crippen LogP contribution is 2.26. The van der Waals surface area contributed by atoms with Gasteiger partial charge < -0.3 is 64.2 Å². The van der Waals surface area contributed by atoms with Gasteiger partial charge in [0.05, 0.1) is 19.8 Å². The zero-order chi connectivity index (χ0) is 40.4. The number of aliphatic hydroxyl groups excluding tert-OH is 7. The van der Waals surface area contributed by atoms with Gasteiger partial charge in [-0.2, -0.15) is 0 Å². The van der Waals surface area contributed by atoms with Gasteiger partial charge in [-0.15, -0.1) is 0 Å². The number of aliphatic hydroxyl groups is 7. The molecule has 2 fully saturated rings. The lowest BCUT2D eigenvalue weighted by Crippen LogP contribution is -2.61. The maximum atomic E-state index is 12.8. The van der Waals surface area contributed by atoms with Gasteiger partial charge in [-0.3, -0.25) is 9.59 Å². The molecule has 0 spiro atoms. The van der Waals surface area contributed by atoms with E-state index in [1.165, 1.54) is 25.7 Å². The molecule has 0 aromatic carbocycles. The molecule has 15 heteroatoms. The van der Waals surface area contributed by atoms with Crippen molar-refractivity contribution in [3.63, 3.8) is 0 Å². The van der Waals surface area contributed by atoms with E-state index in [4.69, 9.17) is 28.4 Å².